The molecule has 162 valence electrons. The maximum absolute atomic E-state index is 14.5. The third kappa shape index (κ3) is 4.26. The molecule has 0 fully saturated rings. The highest BCUT2D eigenvalue weighted by Gasteiger charge is 2.30. The number of ether oxygens (including phenoxy) is 2. The van der Waals surface area contributed by atoms with E-state index in [4.69, 9.17) is 9.47 Å². The highest BCUT2D eigenvalue weighted by atomic mass is 32.2. The molecule has 1 N–H and O–H groups in total. The molecule has 4 rings (SSSR count). The summed E-state index contributed by atoms with van der Waals surface area (Å²) in [5, 5.41) is 0. The monoisotopic (exact) mass is 446 g/mol. The van der Waals surface area contributed by atoms with Crippen LogP contribution in [0.2, 0.25) is 0 Å². The van der Waals surface area contributed by atoms with Crippen LogP contribution >= 0.6 is 0 Å². The van der Waals surface area contributed by atoms with Crippen LogP contribution in [0.25, 0.3) is 11.1 Å². The van der Waals surface area contributed by atoms with Gasteiger partial charge in [-0.15, -0.1) is 0 Å². The van der Waals surface area contributed by atoms with Gasteiger partial charge >= 0.3 is 0 Å². The van der Waals surface area contributed by atoms with E-state index < -0.39 is 27.9 Å². The van der Waals surface area contributed by atoms with Crippen LogP contribution in [0.5, 0.6) is 11.5 Å². The quantitative estimate of drug-likeness (QED) is 0.573. The second-order valence-corrected chi connectivity index (χ2v) is 8.91. The van der Waals surface area contributed by atoms with Crippen molar-refractivity contribution in [3.63, 3.8) is 0 Å². The molecular weight excluding hydrogens is 426 g/mol. The molecular formula is C23H20F2O5S. The van der Waals surface area contributed by atoms with E-state index in [-0.39, 0.29) is 16.9 Å². The van der Waals surface area contributed by atoms with Crippen molar-refractivity contribution in [2.75, 3.05) is 7.11 Å². The molecule has 1 atom stereocenters. The van der Waals surface area contributed by atoms with E-state index in [0.29, 0.717) is 29.0 Å². The Morgan fingerprint density at radius 2 is 1.87 bits per heavy atom. The average Bonchev–Trinajstić information content (AvgIpc) is 3.08. The van der Waals surface area contributed by atoms with Crippen molar-refractivity contribution in [2.24, 2.45) is 0 Å². The van der Waals surface area contributed by atoms with Crippen molar-refractivity contribution in [3.8, 4) is 22.6 Å². The third-order valence-electron chi connectivity index (χ3n) is 5.27. The molecule has 0 aliphatic carbocycles. The second kappa shape index (κ2) is 7.94. The molecule has 3 aromatic carbocycles. The van der Waals surface area contributed by atoms with Gasteiger partial charge in [0.25, 0.3) is 10.1 Å². The van der Waals surface area contributed by atoms with Crippen LogP contribution in [0.15, 0.2) is 53.4 Å². The number of hydrogen-bond donors (Lipinski definition) is 1. The first-order valence-corrected chi connectivity index (χ1v) is 11.0. The summed E-state index contributed by atoms with van der Waals surface area (Å²) in [6, 6.07) is 11.4. The van der Waals surface area contributed by atoms with Crippen LogP contribution in [-0.2, 0) is 23.0 Å². The summed E-state index contributed by atoms with van der Waals surface area (Å²) in [6.45, 7) is 1.82. The van der Waals surface area contributed by atoms with Gasteiger partial charge in [0.05, 0.1) is 12.0 Å². The zero-order valence-electron chi connectivity index (χ0n) is 16.9. The zero-order valence-corrected chi connectivity index (χ0v) is 17.7. The molecule has 1 aliphatic heterocycles. The van der Waals surface area contributed by atoms with Gasteiger partial charge in [0.2, 0.25) is 0 Å². The fraction of sp³-hybridized carbons (Fsp3) is 0.217. The zero-order chi connectivity index (χ0) is 22.3. The minimum absolute atomic E-state index is 0.167. The second-order valence-electron chi connectivity index (χ2n) is 7.52. The summed E-state index contributed by atoms with van der Waals surface area (Å²) in [5.74, 6) is -0.472. The van der Waals surface area contributed by atoms with Gasteiger partial charge in [0.15, 0.2) is 0 Å². The Hall–Kier alpha value is -2.97. The van der Waals surface area contributed by atoms with Crippen molar-refractivity contribution in [1.82, 2.24) is 0 Å². The Morgan fingerprint density at radius 3 is 2.55 bits per heavy atom. The fourth-order valence-corrected chi connectivity index (χ4v) is 4.62. The van der Waals surface area contributed by atoms with Gasteiger partial charge in [0, 0.05) is 35.6 Å². The van der Waals surface area contributed by atoms with E-state index in [1.165, 1.54) is 25.3 Å². The van der Waals surface area contributed by atoms with Crippen LogP contribution in [0.1, 0.15) is 16.7 Å². The molecule has 0 spiro atoms. The number of methoxy groups -OCH3 is 1. The summed E-state index contributed by atoms with van der Waals surface area (Å²) in [6.07, 6.45) is 0.215. The average molecular weight is 446 g/mol. The normalized spacial score (nSPS) is 15.5. The highest BCUT2D eigenvalue weighted by molar-refractivity contribution is 7.85. The summed E-state index contributed by atoms with van der Waals surface area (Å²) in [7, 11) is -2.90. The molecule has 0 aromatic heterocycles. The van der Waals surface area contributed by atoms with Gasteiger partial charge < -0.3 is 9.47 Å². The minimum Gasteiger partial charge on any atom is -0.497 e. The van der Waals surface area contributed by atoms with E-state index >= 15 is 0 Å². The number of hydrogen-bond acceptors (Lipinski definition) is 4. The van der Waals surface area contributed by atoms with E-state index in [1.807, 2.05) is 6.92 Å². The maximum Gasteiger partial charge on any atom is 0.294 e. The van der Waals surface area contributed by atoms with Crippen LogP contribution < -0.4 is 9.47 Å². The predicted octanol–water partition coefficient (Wildman–Crippen LogP) is 4.74. The van der Waals surface area contributed by atoms with Gasteiger partial charge in [-0.25, -0.2) is 8.78 Å². The van der Waals surface area contributed by atoms with E-state index in [2.05, 4.69) is 0 Å². The summed E-state index contributed by atoms with van der Waals surface area (Å²) in [5.41, 5.74) is 2.64. The SMILES string of the molecule is COc1cc2c(c(-c3ccc(F)cc3F)c1)OC(Cc1cc(C)ccc1S(=O)(=O)O)C2. The van der Waals surface area contributed by atoms with Crippen LogP contribution in [0.4, 0.5) is 8.78 Å². The smallest absolute Gasteiger partial charge is 0.294 e. The van der Waals surface area contributed by atoms with Crippen molar-refractivity contribution in [3.05, 3.63) is 76.9 Å². The van der Waals surface area contributed by atoms with Crippen LogP contribution in [0.3, 0.4) is 0 Å². The van der Waals surface area contributed by atoms with Gasteiger partial charge in [-0.3, -0.25) is 4.55 Å². The van der Waals surface area contributed by atoms with Crippen molar-refractivity contribution in [1.29, 1.82) is 0 Å². The molecule has 0 saturated carbocycles. The molecule has 0 saturated heterocycles. The summed E-state index contributed by atoms with van der Waals surface area (Å²) >= 11 is 0. The molecule has 0 amide bonds. The molecule has 3 aromatic rings. The number of benzene rings is 3. The number of aryl methyl sites for hydroxylation is 1. The summed E-state index contributed by atoms with van der Waals surface area (Å²) < 4.78 is 72.4. The van der Waals surface area contributed by atoms with E-state index in [9.17, 15) is 21.8 Å². The van der Waals surface area contributed by atoms with Gasteiger partial charge in [0.1, 0.15) is 29.2 Å². The lowest BCUT2D eigenvalue weighted by Crippen LogP contribution is -2.18. The molecule has 1 heterocycles. The topological polar surface area (TPSA) is 72.8 Å². The fourth-order valence-electron chi connectivity index (χ4n) is 3.91. The lowest BCUT2D eigenvalue weighted by atomic mass is 9.98. The molecule has 0 radical (unpaired) electrons. The van der Waals surface area contributed by atoms with Gasteiger partial charge in [-0.1, -0.05) is 17.7 Å². The molecule has 0 bridgehead atoms. The Bertz CT molecular complexity index is 1270. The Labute approximate surface area is 179 Å². The van der Waals surface area contributed by atoms with Crippen LogP contribution in [0, 0.1) is 18.6 Å². The molecule has 5 nitrogen and oxygen atoms in total. The van der Waals surface area contributed by atoms with Gasteiger partial charge in [-0.2, -0.15) is 8.42 Å². The van der Waals surface area contributed by atoms with Crippen molar-refractivity contribution in [2.45, 2.75) is 30.8 Å². The largest absolute Gasteiger partial charge is 0.497 e. The maximum atomic E-state index is 14.5. The Morgan fingerprint density at radius 1 is 1.10 bits per heavy atom. The Balaban J connectivity index is 1.72. The van der Waals surface area contributed by atoms with Crippen molar-refractivity contribution < 1.29 is 31.2 Å². The van der Waals surface area contributed by atoms with Crippen molar-refractivity contribution >= 4 is 10.1 Å². The number of rotatable bonds is 5. The first kappa shape index (κ1) is 21.3. The van der Waals surface area contributed by atoms with Gasteiger partial charge in [-0.05, 0) is 42.8 Å². The number of halogens is 2. The third-order valence-corrected chi connectivity index (χ3v) is 6.22. The van der Waals surface area contributed by atoms with Crippen LogP contribution in [-0.4, -0.2) is 26.2 Å². The lowest BCUT2D eigenvalue weighted by molar-refractivity contribution is 0.233. The summed E-state index contributed by atoms with van der Waals surface area (Å²) in [4.78, 5) is -0.167. The van der Waals surface area contributed by atoms with E-state index in [0.717, 1.165) is 17.2 Å². The highest BCUT2D eigenvalue weighted by Crippen LogP contribution is 2.43. The Kier molecular flexibility index (Phi) is 5.45. The predicted molar refractivity (Wildman–Crippen MR) is 111 cm³/mol. The standard InChI is InChI=1S/C23H20F2O5S/c1-13-3-6-22(31(26,27)28)14(7-13)8-18-10-15-9-17(29-2)12-20(23(15)30-18)19-5-4-16(24)11-21(19)25/h3-7,9,11-12,18H,8,10H2,1-2H3,(H,26,27,28). The van der Waals surface area contributed by atoms with E-state index in [1.54, 1.807) is 24.3 Å². The number of fused-ring (bicyclic) bond motifs is 1. The first-order chi connectivity index (χ1) is 14.7. The minimum atomic E-state index is -4.39. The molecule has 8 heteroatoms. The lowest BCUT2D eigenvalue weighted by Gasteiger charge is -2.15. The molecule has 1 aliphatic rings. The first-order valence-electron chi connectivity index (χ1n) is 9.55. The molecule has 1 unspecified atom stereocenters. The molecule has 31 heavy (non-hydrogen) atoms.